The van der Waals surface area contributed by atoms with Gasteiger partial charge in [-0.2, -0.15) is 0 Å². The number of ether oxygens (including phenoxy) is 1. The van der Waals surface area contributed by atoms with Gasteiger partial charge < -0.3 is 14.5 Å². The molecule has 2 heterocycles. The van der Waals surface area contributed by atoms with Crippen molar-refractivity contribution in [3.8, 4) is 0 Å². The second-order valence-corrected chi connectivity index (χ2v) is 7.10. The Bertz CT molecular complexity index is 616. The van der Waals surface area contributed by atoms with Crippen molar-refractivity contribution in [3.05, 3.63) is 34.9 Å². The third kappa shape index (κ3) is 4.73. The number of hydrogen-bond donors (Lipinski definition) is 0. The van der Waals surface area contributed by atoms with Crippen molar-refractivity contribution in [3.63, 3.8) is 0 Å². The summed E-state index contributed by atoms with van der Waals surface area (Å²) in [5, 5.41) is 0.722. The molecule has 0 N–H and O–H groups in total. The fraction of sp³-hybridized carbons (Fsp3) is 0.579. The quantitative estimate of drug-likeness (QED) is 0.806. The molecule has 1 atom stereocenters. The first-order valence-electron chi connectivity index (χ1n) is 9.05. The van der Waals surface area contributed by atoms with E-state index in [2.05, 4.69) is 0 Å². The molecule has 3 rings (SSSR count). The van der Waals surface area contributed by atoms with Crippen LogP contribution < -0.4 is 0 Å². The Morgan fingerprint density at radius 2 is 2.00 bits per heavy atom. The van der Waals surface area contributed by atoms with E-state index in [1.165, 1.54) is 0 Å². The molecule has 2 saturated heterocycles. The first kappa shape index (κ1) is 18.2. The van der Waals surface area contributed by atoms with Gasteiger partial charge in [0.1, 0.15) is 6.04 Å². The van der Waals surface area contributed by atoms with Crippen molar-refractivity contribution in [2.24, 2.45) is 0 Å². The lowest BCUT2D eigenvalue weighted by Crippen LogP contribution is -2.51. The second kappa shape index (κ2) is 8.68. The molecule has 25 heavy (non-hydrogen) atoms. The number of hydrogen-bond acceptors (Lipinski definition) is 3. The van der Waals surface area contributed by atoms with Crippen LogP contribution in [0.3, 0.4) is 0 Å². The summed E-state index contributed by atoms with van der Waals surface area (Å²) in [6.45, 7) is 3.13. The third-order valence-electron chi connectivity index (χ3n) is 4.93. The molecule has 2 fully saturated rings. The van der Waals surface area contributed by atoms with E-state index in [4.69, 9.17) is 16.3 Å². The van der Waals surface area contributed by atoms with Gasteiger partial charge in [-0.25, -0.2) is 0 Å². The topological polar surface area (TPSA) is 49.9 Å². The molecule has 0 radical (unpaired) electrons. The van der Waals surface area contributed by atoms with Crippen LogP contribution in [-0.2, 0) is 20.7 Å². The maximum Gasteiger partial charge on any atom is 0.245 e. The van der Waals surface area contributed by atoms with Crippen LogP contribution in [0, 0.1) is 0 Å². The van der Waals surface area contributed by atoms with Crippen LogP contribution in [0.4, 0.5) is 0 Å². The van der Waals surface area contributed by atoms with Gasteiger partial charge in [0.25, 0.3) is 0 Å². The summed E-state index contributed by atoms with van der Waals surface area (Å²) >= 11 is 5.99. The van der Waals surface area contributed by atoms with E-state index in [1.54, 1.807) is 4.90 Å². The number of halogens is 1. The van der Waals surface area contributed by atoms with E-state index in [0.29, 0.717) is 39.3 Å². The Balaban J connectivity index is 1.51. The highest BCUT2D eigenvalue weighted by atomic mass is 35.5. The van der Waals surface area contributed by atoms with E-state index in [9.17, 15) is 9.59 Å². The monoisotopic (exact) mass is 364 g/mol. The molecule has 0 aromatic heterocycles. The van der Waals surface area contributed by atoms with Gasteiger partial charge >= 0.3 is 0 Å². The lowest BCUT2D eigenvalue weighted by atomic mass is 10.1. The fourth-order valence-corrected chi connectivity index (χ4v) is 3.81. The van der Waals surface area contributed by atoms with Crippen LogP contribution in [0.1, 0.15) is 31.2 Å². The summed E-state index contributed by atoms with van der Waals surface area (Å²) in [5.74, 6) is 0.176. The lowest BCUT2D eigenvalue weighted by Gasteiger charge is -2.32. The number of carbonyl (C=O) groups is 2. The smallest absolute Gasteiger partial charge is 0.245 e. The summed E-state index contributed by atoms with van der Waals surface area (Å²) in [7, 11) is 0. The van der Waals surface area contributed by atoms with E-state index >= 15 is 0 Å². The number of rotatable bonds is 5. The highest BCUT2D eigenvalue weighted by Crippen LogP contribution is 2.22. The number of benzene rings is 1. The molecular formula is C19H25ClN2O3. The van der Waals surface area contributed by atoms with Gasteiger partial charge in [0.2, 0.25) is 11.8 Å². The van der Waals surface area contributed by atoms with Gasteiger partial charge in [0.15, 0.2) is 0 Å². The second-order valence-electron chi connectivity index (χ2n) is 6.67. The van der Waals surface area contributed by atoms with Crippen LogP contribution in [-0.4, -0.2) is 60.5 Å². The molecule has 6 heteroatoms. The predicted molar refractivity (Wildman–Crippen MR) is 96.5 cm³/mol. The molecular weight excluding hydrogens is 340 g/mol. The third-order valence-corrected chi connectivity index (χ3v) is 5.16. The van der Waals surface area contributed by atoms with Crippen molar-refractivity contribution >= 4 is 23.4 Å². The first-order chi connectivity index (χ1) is 12.1. The predicted octanol–water partition coefficient (Wildman–Crippen LogP) is 2.51. The Labute approximate surface area is 153 Å². The van der Waals surface area contributed by atoms with E-state index in [-0.39, 0.29) is 17.9 Å². The molecule has 5 nitrogen and oxygen atoms in total. The fourth-order valence-electron chi connectivity index (χ4n) is 3.60. The zero-order valence-electron chi connectivity index (χ0n) is 14.5. The highest BCUT2D eigenvalue weighted by Gasteiger charge is 2.36. The molecule has 2 aliphatic heterocycles. The molecule has 0 bridgehead atoms. The van der Waals surface area contributed by atoms with Crippen LogP contribution >= 0.6 is 11.6 Å². The van der Waals surface area contributed by atoms with Crippen molar-refractivity contribution in [2.45, 2.75) is 38.1 Å². The maximum absolute atomic E-state index is 12.7. The van der Waals surface area contributed by atoms with Crippen LogP contribution in [0.25, 0.3) is 0 Å². The van der Waals surface area contributed by atoms with Gasteiger partial charge in [0.05, 0.1) is 13.2 Å². The minimum atomic E-state index is -0.281. The van der Waals surface area contributed by atoms with Crippen LogP contribution in [0.5, 0.6) is 0 Å². The molecule has 136 valence electrons. The average Bonchev–Trinajstić information content (AvgIpc) is 3.11. The Morgan fingerprint density at radius 3 is 2.76 bits per heavy atom. The number of nitrogens with zero attached hydrogens (tertiary/aromatic N) is 2. The maximum atomic E-state index is 12.7. The Kier molecular flexibility index (Phi) is 6.32. The molecule has 2 aliphatic rings. The van der Waals surface area contributed by atoms with Crippen LogP contribution in [0.15, 0.2) is 24.3 Å². The molecule has 1 aromatic carbocycles. The largest absolute Gasteiger partial charge is 0.378 e. The summed E-state index contributed by atoms with van der Waals surface area (Å²) < 4.78 is 5.31. The number of likely N-dealkylation sites (tertiary alicyclic amines) is 1. The van der Waals surface area contributed by atoms with Gasteiger partial charge in [-0.15, -0.1) is 0 Å². The highest BCUT2D eigenvalue weighted by molar-refractivity contribution is 6.30. The average molecular weight is 365 g/mol. The molecule has 1 aromatic rings. The minimum absolute atomic E-state index is 0.0870. The van der Waals surface area contributed by atoms with E-state index in [1.807, 2.05) is 29.2 Å². The van der Waals surface area contributed by atoms with Gasteiger partial charge in [-0.05, 0) is 43.4 Å². The van der Waals surface area contributed by atoms with Crippen molar-refractivity contribution in [1.82, 2.24) is 9.80 Å². The zero-order valence-corrected chi connectivity index (χ0v) is 15.2. The molecule has 0 saturated carbocycles. The Morgan fingerprint density at radius 1 is 1.20 bits per heavy atom. The molecule has 1 unspecified atom stereocenters. The van der Waals surface area contributed by atoms with Gasteiger partial charge in [-0.3, -0.25) is 9.59 Å². The molecule has 0 aliphatic carbocycles. The number of aryl methyl sites for hydroxylation is 1. The first-order valence-corrected chi connectivity index (χ1v) is 9.43. The van der Waals surface area contributed by atoms with E-state index in [0.717, 1.165) is 36.3 Å². The zero-order chi connectivity index (χ0) is 17.6. The van der Waals surface area contributed by atoms with Gasteiger partial charge in [0, 0.05) is 31.1 Å². The summed E-state index contributed by atoms with van der Waals surface area (Å²) in [4.78, 5) is 28.9. The summed E-state index contributed by atoms with van der Waals surface area (Å²) in [6.07, 6.45) is 3.74. The Hall–Kier alpha value is -1.59. The number of carbonyl (C=O) groups excluding carboxylic acids is 2. The summed E-state index contributed by atoms with van der Waals surface area (Å²) in [5.41, 5.74) is 1.14. The number of amides is 2. The minimum Gasteiger partial charge on any atom is -0.378 e. The van der Waals surface area contributed by atoms with E-state index < -0.39 is 0 Å². The normalized spacial score (nSPS) is 20.8. The summed E-state index contributed by atoms with van der Waals surface area (Å²) in [6, 6.07) is 7.46. The molecule has 0 spiro atoms. The number of morpholine rings is 1. The van der Waals surface area contributed by atoms with Crippen molar-refractivity contribution in [2.75, 3.05) is 32.8 Å². The standard InChI is InChI=1S/C19H25ClN2O3/c20-16-6-1-4-15(14-16)5-2-8-18(23)22-9-3-7-17(22)19(24)21-10-12-25-13-11-21/h1,4,6,14,17H,2-3,5,7-13H2. The van der Waals surface area contributed by atoms with Crippen molar-refractivity contribution in [1.29, 1.82) is 0 Å². The van der Waals surface area contributed by atoms with Crippen molar-refractivity contribution < 1.29 is 14.3 Å². The SMILES string of the molecule is O=C(C1CCCN1C(=O)CCCc1cccc(Cl)c1)N1CCOCC1. The molecule has 2 amide bonds. The van der Waals surface area contributed by atoms with Gasteiger partial charge in [-0.1, -0.05) is 23.7 Å². The lowest BCUT2D eigenvalue weighted by molar-refractivity contribution is -0.146. The van der Waals surface area contributed by atoms with Crippen LogP contribution in [0.2, 0.25) is 5.02 Å².